The molecule has 3 aromatic rings. The first-order chi connectivity index (χ1) is 15.3. The number of halogens is 7. The van der Waals surface area contributed by atoms with E-state index in [0.717, 1.165) is 24.4 Å². The van der Waals surface area contributed by atoms with Gasteiger partial charge in [0.15, 0.2) is 0 Å². The number of nitrogens with zero attached hydrogens (tertiary/aromatic N) is 1. The summed E-state index contributed by atoms with van der Waals surface area (Å²) >= 11 is 0. The number of hydrogen-bond acceptors (Lipinski definition) is 3. The lowest BCUT2D eigenvalue weighted by Gasteiger charge is -2.15. The Hall–Kier alpha value is -3.83. The van der Waals surface area contributed by atoms with Crippen molar-refractivity contribution in [2.24, 2.45) is 0 Å². The van der Waals surface area contributed by atoms with Crippen LogP contribution in [0.4, 0.5) is 36.4 Å². The third-order valence-electron chi connectivity index (χ3n) is 4.29. The van der Waals surface area contributed by atoms with Crippen LogP contribution in [0.25, 0.3) is 0 Å². The van der Waals surface area contributed by atoms with E-state index in [0.29, 0.717) is 22.4 Å². The van der Waals surface area contributed by atoms with E-state index in [1.807, 2.05) is 5.32 Å². The van der Waals surface area contributed by atoms with E-state index >= 15 is 0 Å². The Bertz CT molecular complexity index is 1180. The van der Waals surface area contributed by atoms with Crippen LogP contribution in [0.5, 0.6) is 0 Å². The molecule has 33 heavy (non-hydrogen) atoms. The molecule has 3 rings (SSSR count). The lowest BCUT2D eigenvalue weighted by Crippen LogP contribution is -2.32. The fraction of sp³-hybridized carbons (Fsp3) is 0.143. The first-order valence-corrected chi connectivity index (χ1v) is 9.05. The second kappa shape index (κ2) is 8.96. The van der Waals surface area contributed by atoms with Crippen LogP contribution in [0.3, 0.4) is 0 Å². The van der Waals surface area contributed by atoms with Gasteiger partial charge >= 0.3 is 12.4 Å². The first-order valence-electron chi connectivity index (χ1n) is 9.05. The zero-order valence-electron chi connectivity index (χ0n) is 16.3. The van der Waals surface area contributed by atoms with Gasteiger partial charge in [0.05, 0.1) is 11.1 Å². The number of pyridine rings is 1. The van der Waals surface area contributed by atoms with E-state index in [1.165, 1.54) is 18.2 Å². The van der Waals surface area contributed by atoms with Gasteiger partial charge in [0.1, 0.15) is 18.0 Å². The zero-order chi connectivity index (χ0) is 24.4. The van der Waals surface area contributed by atoms with Gasteiger partial charge in [0, 0.05) is 11.9 Å². The molecule has 1 amide bonds. The molecule has 1 N–H and O–H groups in total. The minimum absolute atomic E-state index is 0.0888. The number of nitrogens with one attached hydrogen (secondary N) is 1. The van der Waals surface area contributed by atoms with E-state index < -0.39 is 52.0 Å². The molecule has 1 heterocycles. The summed E-state index contributed by atoms with van der Waals surface area (Å²) in [5, 5.41) is 1.88. The van der Waals surface area contributed by atoms with E-state index in [4.69, 9.17) is 4.84 Å². The minimum atomic E-state index is -5.10. The summed E-state index contributed by atoms with van der Waals surface area (Å²) in [6, 6.07) is 7.90. The lowest BCUT2D eigenvalue weighted by atomic mass is 10.1. The summed E-state index contributed by atoms with van der Waals surface area (Å²) < 4.78 is 91.5. The summed E-state index contributed by atoms with van der Waals surface area (Å²) in [5.74, 6) is -1.73. The summed E-state index contributed by atoms with van der Waals surface area (Å²) in [4.78, 5) is 30.2. The van der Waals surface area contributed by atoms with Crippen molar-refractivity contribution in [3.63, 3.8) is 0 Å². The summed E-state index contributed by atoms with van der Waals surface area (Å²) in [7, 11) is 0. The molecule has 0 bridgehead atoms. The van der Waals surface area contributed by atoms with Crippen LogP contribution in [0.15, 0.2) is 65.6 Å². The Morgan fingerprint density at radius 2 is 1.48 bits per heavy atom. The second-order valence-electron chi connectivity index (χ2n) is 6.70. The molecule has 0 radical (unpaired) electrons. The fourth-order valence-corrected chi connectivity index (χ4v) is 2.70. The van der Waals surface area contributed by atoms with Gasteiger partial charge in [-0.25, -0.2) is 4.39 Å². The molecule has 0 saturated heterocycles. The Balaban J connectivity index is 1.85. The lowest BCUT2D eigenvalue weighted by molar-refractivity contribution is -0.143. The van der Waals surface area contributed by atoms with E-state index in [-0.39, 0.29) is 12.7 Å². The minimum Gasteiger partial charge on any atom is -0.406 e. The predicted octanol–water partition coefficient (Wildman–Crippen LogP) is 4.91. The Labute approximate surface area is 181 Å². The SMILES string of the molecule is O=C(Nc1cc(C(F)(F)F)cc(C(F)(F)F)c1)c1cccn(OCc2ccc(F)cc2)c1=O. The maximum absolute atomic E-state index is 13.0. The van der Waals surface area contributed by atoms with Crippen LogP contribution >= 0.6 is 0 Å². The monoisotopic (exact) mass is 474 g/mol. The van der Waals surface area contributed by atoms with Crippen LogP contribution in [0.2, 0.25) is 0 Å². The van der Waals surface area contributed by atoms with Crippen molar-refractivity contribution < 1.29 is 40.4 Å². The van der Waals surface area contributed by atoms with Crippen LogP contribution in [0, 0.1) is 5.82 Å². The summed E-state index contributed by atoms with van der Waals surface area (Å²) in [6.45, 7) is -0.187. The molecule has 0 aliphatic carbocycles. The number of alkyl halides is 6. The van der Waals surface area contributed by atoms with Gasteiger partial charge in [-0.05, 0) is 48.0 Å². The molecule has 0 fully saturated rings. The number of rotatable bonds is 5. The summed E-state index contributed by atoms with van der Waals surface area (Å²) in [6.07, 6.45) is -9.06. The average molecular weight is 474 g/mol. The third-order valence-corrected chi connectivity index (χ3v) is 4.29. The van der Waals surface area contributed by atoms with Gasteiger partial charge in [0.25, 0.3) is 11.5 Å². The molecule has 0 aliphatic heterocycles. The van der Waals surface area contributed by atoms with Crippen molar-refractivity contribution in [3.05, 3.63) is 99.2 Å². The molecule has 1 aromatic heterocycles. The normalized spacial score (nSPS) is 11.8. The highest BCUT2D eigenvalue weighted by Gasteiger charge is 2.37. The smallest absolute Gasteiger partial charge is 0.406 e. The standard InChI is InChI=1S/C21H13F7N2O3/c22-15-5-3-12(4-6-15)11-33-30-7-1-2-17(19(30)32)18(31)29-16-9-13(20(23,24)25)8-14(10-16)21(26,27)28/h1-10H,11H2,(H,29,31). The largest absolute Gasteiger partial charge is 0.416 e. The molecular formula is C21H13F7N2O3. The Morgan fingerprint density at radius 1 is 0.909 bits per heavy atom. The predicted molar refractivity (Wildman–Crippen MR) is 102 cm³/mol. The van der Waals surface area contributed by atoms with Crippen molar-refractivity contribution in [2.75, 3.05) is 5.32 Å². The first kappa shape index (κ1) is 23.8. The number of amides is 1. The van der Waals surface area contributed by atoms with Gasteiger partial charge in [-0.3, -0.25) is 9.59 Å². The molecular weight excluding hydrogens is 461 g/mol. The van der Waals surface area contributed by atoms with Gasteiger partial charge < -0.3 is 10.2 Å². The van der Waals surface area contributed by atoms with Crippen LogP contribution in [-0.2, 0) is 19.0 Å². The molecule has 0 unspecified atom stereocenters. The topological polar surface area (TPSA) is 60.3 Å². The van der Waals surface area contributed by atoms with Gasteiger partial charge in [-0.2, -0.15) is 31.1 Å². The molecule has 0 saturated carbocycles. The number of anilines is 1. The maximum atomic E-state index is 13.0. The second-order valence-corrected chi connectivity index (χ2v) is 6.70. The number of aromatic nitrogens is 1. The molecule has 0 spiro atoms. The van der Waals surface area contributed by atoms with Crippen LogP contribution < -0.4 is 15.7 Å². The molecule has 5 nitrogen and oxygen atoms in total. The third kappa shape index (κ3) is 5.90. The highest BCUT2D eigenvalue weighted by Crippen LogP contribution is 2.37. The van der Waals surface area contributed by atoms with Crippen molar-refractivity contribution >= 4 is 11.6 Å². The molecule has 2 aromatic carbocycles. The van der Waals surface area contributed by atoms with E-state index in [9.17, 15) is 40.3 Å². The van der Waals surface area contributed by atoms with E-state index in [2.05, 4.69) is 0 Å². The van der Waals surface area contributed by atoms with Crippen LogP contribution in [0.1, 0.15) is 27.0 Å². The molecule has 0 atom stereocenters. The average Bonchev–Trinajstić information content (AvgIpc) is 2.72. The van der Waals surface area contributed by atoms with Gasteiger partial charge in [-0.15, -0.1) is 0 Å². The van der Waals surface area contributed by atoms with Gasteiger partial charge in [-0.1, -0.05) is 12.1 Å². The Kier molecular flexibility index (Phi) is 6.47. The van der Waals surface area contributed by atoms with Crippen molar-refractivity contribution in [2.45, 2.75) is 19.0 Å². The maximum Gasteiger partial charge on any atom is 0.416 e. The highest BCUT2D eigenvalue weighted by atomic mass is 19.4. The quantitative estimate of drug-likeness (QED) is 0.535. The Morgan fingerprint density at radius 3 is 2.03 bits per heavy atom. The summed E-state index contributed by atoms with van der Waals surface area (Å²) in [5.41, 5.74) is -5.17. The van der Waals surface area contributed by atoms with Crippen molar-refractivity contribution in [1.29, 1.82) is 0 Å². The van der Waals surface area contributed by atoms with Gasteiger partial charge in [0.2, 0.25) is 0 Å². The number of carbonyl (C=O) groups is 1. The van der Waals surface area contributed by atoms with Crippen molar-refractivity contribution in [1.82, 2.24) is 4.73 Å². The zero-order valence-corrected chi connectivity index (χ0v) is 16.3. The fourth-order valence-electron chi connectivity index (χ4n) is 2.70. The number of benzene rings is 2. The van der Waals surface area contributed by atoms with Crippen LogP contribution in [-0.4, -0.2) is 10.6 Å². The number of hydrogen-bond donors (Lipinski definition) is 1. The van der Waals surface area contributed by atoms with E-state index in [1.54, 1.807) is 0 Å². The highest BCUT2D eigenvalue weighted by molar-refractivity contribution is 6.04. The van der Waals surface area contributed by atoms with Crippen molar-refractivity contribution in [3.8, 4) is 0 Å². The molecule has 12 heteroatoms. The molecule has 174 valence electrons. The molecule has 0 aliphatic rings. The number of carbonyl (C=O) groups excluding carboxylic acids is 1.